The Morgan fingerprint density at radius 3 is 2.79 bits per heavy atom. The number of rotatable bonds is 3. The molecule has 1 unspecified atom stereocenters. The fraction of sp³-hybridized carbons (Fsp3) is 0.636. The van der Waals surface area contributed by atoms with Crippen LogP contribution in [0.5, 0.6) is 0 Å². The van der Waals surface area contributed by atoms with Gasteiger partial charge in [-0.3, -0.25) is 4.90 Å². The molecule has 106 valence electrons. The third kappa shape index (κ3) is 4.83. The Bertz CT molecular complexity index is 409. The normalized spacial score (nSPS) is 21.4. The van der Waals surface area contributed by atoms with Gasteiger partial charge in [0.25, 0.3) is 0 Å². The minimum absolute atomic E-state index is 0.0495. The van der Waals surface area contributed by atoms with Crippen molar-refractivity contribution in [1.29, 1.82) is 0 Å². The van der Waals surface area contributed by atoms with Crippen LogP contribution in [0.2, 0.25) is 5.15 Å². The first-order valence-corrected chi connectivity index (χ1v) is 6.35. The number of piperidine rings is 1. The van der Waals surface area contributed by atoms with Gasteiger partial charge in [-0.15, -0.1) is 10.2 Å². The van der Waals surface area contributed by atoms with Crippen molar-refractivity contribution >= 4 is 17.4 Å². The fourth-order valence-electron chi connectivity index (χ4n) is 2.17. The number of hydrogen-bond donors (Lipinski definition) is 1. The molecule has 1 N–H and O–H groups in total. The van der Waals surface area contributed by atoms with Crippen LogP contribution >= 0.6 is 11.6 Å². The van der Waals surface area contributed by atoms with E-state index < -0.39 is 12.7 Å². The third-order valence-electron chi connectivity index (χ3n) is 2.89. The van der Waals surface area contributed by atoms with E-state index in [1.165, 1.54) is 4.90 Å². The first kappa shape index (κ1) is 14.3. The number of alkyl halides is 3. The summed E-state index contributed by atoms with van der Waals surface area (Å²) in [6.07, 6.45) is -2.60. The van der Waals surface area contributed by atoms with Gasteiger partial charge in [0.1, 0.15) is 5.82 Å². The van der Waals surface area contributed by atoms with Gasteiger partial charge in [0.2, 0.25) is 0 Å². The van der Waals surface area contributed by atoms with Gasteiger partial charge in [-0.05, 0) is 31.5 Å². The second kappa shape index (κ2) is 5.92. The molecule has 0 radical (unpaired) electrons. The molecular weight excluding hydrogens is 281 g/mol. The van der Waals surface area contributed by atoms with E-state index in [0.29, 0.717) is 18.9 Å². The molecule has 2 rings (SSSR count). The minimum atomic E-state index is -4.15. The summed E-state index contributed by atoms with van der Waals surface area (Å²) in [6, 6.07) is 3.21. The van der Waals surface area contributed by atoms with Crippen LogP contribution in [0.3, 0.4) is 0 Å². The second-order valence-corrected chi connectivity index (χ2v) is 4.96. The molecule has 0 saturated carbocycles. The van der Waals surface area contributed by atoms with Gasteiger partial charge in [-0.1, -0.05) is 11.6 Å². The van der Waals surface area contributed by atoms with Gasteiger partial charge < -0.3 is 5.32 Å². The first-order valence-electron chi connectivity index (χ1n) is 5.97. The summed E-state index contributed by atoms with van der Waals surface area (Å²) in [5, 5.41) is 10.9. The summed E-state index contributed by atoms with van der Waals surface area (Å²) in [5.74, 6) is 0.531. The van der Waals surface area contributed by atoms with E-state index in [9.17, 15) is 13.2 Å². The van der Waals surface area contributed by atoms with Crippen LogP contribution in [0.25, 0.3) is 0 Å². The molecule has 1 atom stereocenters. The number of aromatic nitrogens is 2. The quantitative estimate of drug-likeness (QED) is 0.930. The van der Waals surface area contributed by atoms with Crippen LogP contribution in [-0.2, 0) is 0 Å². The van der Waals surface area contributed by atoms with Crippen molar-refractivity contribution in [2.45, 2.75) is 25.1 Å². The lowest BCUT2D eigenvalue weighted by Crippen LogP contribution is -2.45. The largest absolute Gasteiger partial charge is 0.401 e. The Hall–Kier alpha value is -1.08. The molecule has 0 amide bonds. The molecule has 2 heterocycles. The lowest BCUT2D eigenvalue weighted by molar-refractivity contribution is -0.147. The second-order valence-electron chi connectivity index (χ2n) is 4.58. The van der Waals surface area contributed by atoms with E-state index in [1.54, 1.807) is 12.1 Å². The predicted molar refractivity (Wildman–Crippen MR) is 66.2 cm³/mol. The molecule has 0 aromatic carbocycles. The molecule has 4 nitrogen and oxygen atoms in total. The highest BCUT2D eigenvalue weighted by Crippen LogP contribution is 2.21. The maximum atomic E-state index is 12.3. The highest BCUT2D eigenvalue weighted by Gasteiger charge is 2.33. The van der Waals surface area contributed by atoms with Crippen LogP contribution < -0.4 is 5.32 Å². The summed E-state index contributed by atoms with van der Waals surface area (Å²) in [7, 11) is 0. The van der Waals surface area contributed by atoms with Crippen molar-refractivity contribution in [2.24, 2.45) is 0 Å². The van der Waals surface area contributed by atoms with E-state index in [0.717, 1.165) is 12.8 Å². The monoisotopic (exact) mass is 294 g/mol. The summed E-state index contributed by atoms with van der Waals surface area (Å²) in [5.41, 5.74) is 0. The number of likely N-dealkylation sites (tertiary alicyclic amines) is 1. The van der Waals surface area contributed by atoms with E-state index in [1.807, 2.05) is 0 Å². The van der Waals surface area contributed by atoms with Crippen molar-refractivity contribution in [1.82, 2.24) is 15.1 Å². The van der Waals surface area contributed by atoms with Gasteiger partial charge in [-0.2, -0.15) is 13.2 Å². The molecule has 8 heteroatoms. The van der Waals surface area contributed by atoms with E-state index in [4.69, 9.17) is 11.6 Å². The molecule has 1 saturated heterocycles. The van der Waals surface area contributed by atoms with Crippen molar-refractivity contribution < 1.29 is 13.2 Å². The smallest absolute Gasteiger partial charge is 0.365 e. The van der Waals surface area contributed by atoms with Gasteiger partial charge in [0.05, 0.1) is 6.54 Å². The van der Waals surface area contributed by atoms with Crippen LogP contribution in [0.1, 0.15) is 12.8 Å². The number of nitrogens with zero attached hydrogens (tertiary/aromatic N) is 3. The van der Waals surface area contributed by atoms with Gasteiger partial charge in [0.15, 0.2) is 5.15 Å². The summed E-state index contributed by atoms with van der Waals surface area (Å²) in [6.45, 7) is -0.0364. The Balaban J connectivity index is 1.89. The van der Waals surface area contributed by atoms with Crippen LogP contribution in [0, 0.1) is 0 Å². The molecule has 1 aromatic rings. The summed E-state index contributed by atoms with van der Waals surface area (Å²) >= 11 is 5.62. The molecular formula is C11H14ClF3N4. The Morgan fingerprint density at radius 2 is 2.16 bits per heavy atom. The Morgan fingerprint density at radius 1 is 1.37 bits per heavy atom. The predicted octanol–water partition coefficient (Wildman–Crippen LogP) is 2.57. The van der Waals surface area contributed by atoms with Gasteiger partial charge in [-0.25, -0.2) is 0 Å². The van der Waals surface area contributed by atoms with Gasteiger partial charge >= 0.3 is 6.18 Å². The van der Waals surface area contributed by atoms with E-state index in [-0.39, 0.29) is 11.2 Å². The van der Waals surface area contributed by atoms with E-state index >= 15 is 0 Å². The standard InChI is InChI=1S/C11H14ClF3N4/c12-9-3-4-10(18-17-9)16-8-2-1-5-19(6-8)7-11(13,14)15/h3-4,8H,1-2,5-7H2,(H,16,18). The highest BCUT2D eigenvalue weighted by molar-refractivity contribution is 6.29. The van der Waals surface area contributed by atoms with Crippen molar-refractivity contribution in [3.63, 3.8) is 0 Å². The number of nitrogens with one attached hydrogen (secondary N) is 1. The van der Waals surface area contributed by atoms with Crippen molar-refractivity contribution in [3.8, 4) is 0 Å². The van der Waals surface area contributed by atoms with Crippen molar-refractivity contribution in [3.05, 3.63) is 17.3 Å². The highest BCUT2D eigenvalue weighted by atomic mass is 35.5. The number of hydrogen-bond acceptors (Lipinski definition) is 4. The topological polar surface area (TPSA) is 41.0 Å². The minimum Gasteiger partial charge on any atom is -0.365 e. The zero-order valence-corrected chi connectivity index (χ0v) is 10.9. The van der Waals surface area contributed by atoms with Crippen LogP contribution in [-0.4, -0.2) is 46.9 Å². The fourth-order valence-corrected chi connectivity index (χ4v) is 2.27. The average Bonchev–Trinajstić information content (AvgIpc) is 2.30. The van der Waals surface area contributed by atoms with Crippen molar-refractivity contribution in [2.75, 3.05) is 25.0 Å². The van der Waals surface area contributed by atoms with Crippen LogP contribution in [0.15, 0.2) is 12.1 Å². The summed E-state index contributed by atoms with van der Waals surface area (Å²) < 4.78 is 37.0. The molecule has 1 fully saturated rings. The average molecular weight is 295 g/mol. The maximum absolute atomic E-state index is 12.3. The molecule has 1 aliphatic rings. The zero-order chi connectivity index (χ0) is 13.9. The Kier molecular flexibility index (Phi) is 4.46. The molecule has 0 bridgehead atoms. The molecule has 0 aliphatic carbocycles. The maximum Gasteiger partial charge on any atom is 0.401 e. The lowest BCUT2D eigenvalue weighted by atomic mass is 10.1. The van der Waals surface area contributed by atoms with Crippen LogP contribution in [0.4, 0.5) is 19.0 Å². The zero-order valence-electron chi connectivity index (χ0n) is 10.1. The molecule has 0 spiro atoms. The molecule has 1 aromatic heterocycles. The van der Waals surface area contributed by atoms with E-state index in [2.05, 4.69) is 15.5 Å². The number of anilines is 1. The Labute approximate surface area is 113 Å². The lowest BCUT2D eigenvalue weighted by Gasteiger charge is -2.33. The molecule has 19 heavy (non-hydrogen) atoms. The number of halogens is 4. The third-order valence-corrected chi connectivity index (χ3v) is 3.09. The van der Waals surface area contributed by atoms with Gasteiger partial charge in [0, 0.05) is 12.6 Å². The SMILES string of the molecule is FC(F)(F)CN1CCCC(Nc2ccc(Cl)nn2)C1. The summed E-state index contributed by atoms with van der Waals surface area (Å²) in [4.78, 5) is 1.41. The molecule has 1 aliphatic heterocycles. The first-order chi connectivity index (χ1) is 8.92.